The second kappa shape index (κ2) is 8.52. The molecule has 0 aliphatic rings. The van der Waals surface area contributed by atoms with E-state index < -0.39 is 11.2 Å². The molecule has 0 atom stereocenters. The SMILES string of the molecule is Cl.Cl.Cl.O=c1cccnc(=O)[nH]1. The molecule has 0 spiro atoms. The summed E-state index contributed by atoms with van der Waals surface area (Å²) in [5, 5.41) is 0. The first-order chi connectivity index (χ1) is 4.29. The van der Waals surface area contributed by atoms with E-state index in [2.05, 4.69) is 4.98 Å². The lowest BCUT2D eigenvalue weighted by atomic mass is 10.6. The maximum atomic E-state index is 10.4. The lowest BCUT2D eigenvalue weighted by Gasteiger charge is -1.61. The Morgan fingerprint density at radius 3 is 2.33 bits per heavy atom. The molecule has 0 saturated carbocycles. The van der Waals surface area contributed by atoms with Crippen LogP contribution in [0.15, 0.2) is 27.9 Å². The van der Waals surface area contributed by atoms with Crippen molar-refractivity contribution < 1.29 is 0 Å². The number of H-pyrrole nitrogens is 1. The normalized spacial score (nSPS) is 6.67. The van der Waals surface area contributed by atoms with Crippen LogP contribution >= 0.6 is 37.2 Å². The average molecular weight is 233 g/mol. The van der Waals surface area contributed by atoms with E-state index >= 15 is 0 Å². The molecule has 0 radical (unpaired) electrons. The Balaban J connectivity index is -0.000000270. The van der Waals surface area contributed by atoms with Gasteiger partial charge in [-0.3, -0.25) is 9.78 Å². The van der Waals surface area contributed by atoms with Gasteiger partial charge in [-0.15, -0.1) is 37.2 Å². The van der Waals surface area contributed by atoms with E-state index in [-0.39, 0.29) is 37.2 Å². The van der Waals surface area contributed by atoms with Crippen LogP contribution < -0.4 is 11.2 Å². The molecule has 1 aromatic heterocycles. The number of aromatic amines is 1. The molecular weight excluding hydrogens is 226 g/mol. The van der Waals surface area contributed by atoms with Crippen LogP contribution in [0.25, 0.3) is 0 Å². The van der Waals surface area contributed by atoms with Gasteiger partial charge in [0.05, 0.1) is 0 Å². The molecule has 1 N–H and O–H groups in total. The van der Waals surface area contributed by atoms with Gasteiger partial charge in [-0.2, -0.15) is 0 Å². The Hall–Kier alpha value is -0.580. The highest BCUT2D eigenvalue weighted by Gasteiger charge is 1.78. The monoisotopic (exact) mass is 232 g/mol. The molecule has 1 rings (SSSR count). The van der Waals surface area contributed by atoms with E-state index in [1.807, 2.05) is 4.98 Å². The van der Waals surface area contributed by atoms with Gasteiger partial charge in [-0.25, -0.2) is 9.78 Å². The molecule has 1 aromatic rings. The van der Waals surface area contributed by atoms with Crippen LogP contribution in [0.3, 0.4) is 0 Å². The van der Waals surface area contributed by atoms with Crippen molar-refractivity contribution in [2.75, 3.05) is 0 Å². The first kappa shape index (κ1) is 17.5. The van der Waals surface area contributed by atoms with Gasteiger partial charge in [0.1, 0.15) is 0 Å². The molecule has 0 aromatic carbocycles. The van der Waals surface area contributed by atoms with Crippen LogP contribution in [0, 0.1) is 0 Å². The molecule has 0 unspecified atom stereocenters. The third-order valence-electron chi connectivity index (χ3n) is 0.756. The Morgan fingerprint density at radius 2 is 1.75 bits per heavy atom. The first-order valence-electron chi connectivity index (χ1n) is 2.35. The Morgan fingerprint density at radius 1 is 1.17 bits per heavy atom. The number of rotatable bonds is 0. The Kier molecular flexibility index (Phi) is 12.4. The Labute approximate surface area is 86.7 Å². The van der Waals surface area contributed by atoms with Gasteiger partial charge in [-0.05, 0) is 6.07 Å². The van der Waals surface area contributed by atoms with E-state index in [9.17, 15) is 9.59 Å². The summed E-state index contributed by atoms with van der Waals surface area (Å²) < 4.78 is 0. The topological polar surface area (TPSA) is 62.8 Å². The van der Waals surface area contributed by atoms with Crippen molar-refractivity contribution in [2.45, 2.75) is 0 Å². The summed E-state index contributed by atoms with van der Waals surface area (Å²) in [4.78, 5) is 26.0. The molecule has 12 heavy (non-hydrogen) atoms. The van der Waals surface area contributed by atoms with Gasteiger partial charge in [0.25, 0.3) is 5.56 Å². The summed E-state index contributed by atoms with van der Waals surface area (Å²) >= 11 is 0. The Bertz CT molecular complexity index is 284. The fourth-order valence-corrected chi connectivity index (χ4v) is 0.420. The van der Waals surface area contributed by atoms with E-state index in [0.29, 0.717) is 0 Å². The van der Waals surface area contributed by atoms with Gasteiger partial charge in [-0.1, -0.05) is 0 Å². The second-order valence-electron chi connectivity index (χ2n) is 1.43. The summed E-state index contributed by atoms with van der Waals surface area (Å²) in [6, 6.07) is 2.63. The minimum Gasteiger partial charge on any atom is -0.273 e. The highest BCUT2D eigenvalue weighted by Crippen LogP contribution is 1.58. The molecule has 0 aliphatic carbocycles. The van der Waals surface area contributed by atoms with Gasteiger partial charge in [0.2, 0.25) is 0 Å². The highest BCUT2D eigenvalue weighted by molar-refractivity contribution is 5.86. The quantitative estimate of drug-likeness (QED) is 0.705. The molecular formula is C5H7Cl3N2O2. The molecule has 4 nitrogen and oxygen atoms in total. The molecule has 0 aliphatic heterocycles. The number of halogens is 3. The van der Waals surface area contributed by atoms with Crippen molar-refractivity contribution >= 4 is 37.2 Å². The summed E-state index contributed by atoms with van der Waals surface area (Å²) in [6.07, 6.45) is 1.26. The zero-order valence-corrected chi connectivity index (χ0v) is 8.17. The van der Waals surface area contributed by atoms with Crippen LogP contribution in [0.4, 0.5) is 0 Å². The number of nitrogens with zero attached hydrogens (tertiary/aromatic N) is 1. The number of hydrogen-bond acceptors (Lipinski definition) is 3. The summed E-state index contributed by atoms with van der Waals surface area (Å²) in [5.41, 5.74) is -1.05. The highest BCUT2D eigenvalue weighted by atomic mass is 35.5. The molecule has 7 heteroatoms. The standard InChI is InChI=1S/C5H4N2O2.3ClH/c8-4-2-1-3-6-5(9)7-4;;;/h1-3H,(H,7,8,9);3*1H. The molecule has 0 saturated heterocycles. The van der Waals surface area contributed by atoms with Crippen molar-refractivity contribution in [1.29, 1.82) is 0 Å². The third-order valence-corrected chi connectivity index (χ3v) is 0.756. The molecule has 0 fully saturated rings. The van der Waals surface area contributed by atoms with Crippen LogP contribution in [0.2, 0.25) is 0 Å². The minimum absolute atomic E-state index is 0. The van der Waals surface area contributed by atoms with Gasteiger partial charge in [0, 0.05) is 12.3 Å². The zero-order valence-electron chi connectivity index (χ0n) is 5.72. The number of hydrogen-bond donors (Lipinski definition) is 1. The van der Waals surface area contributed by atoms with Crippen molar-refractivity contribution in [3.8, 4) is 0 Å². The first-order valence-corrected chi connectivity index (χ1v) is 2.35. The van der Waals surface area contributed by atoms with E-state index in [4.69, 9.17) is 0 Å². The van der Waals surface area contributed by atoms with Crippen molar-refractivity contribution in [2.24, 2.45) is 0 Å². The van der Waals surface area contributed by atoms with Gasteiger partial charge >= 0.3 is 5.69 Å². The van der Waals surface area contributed by atoms with Gasteiger partial charge < -0.3 is 0 Å². The molecule has 70 valence electrons. The van der Waals surface area contributed by atoms with Crippen LogP contribution in [-0.4, -0.2) is 9.97 Å². The molecule has 1 heterocycles. The zero-order chi connectivity index (χ0) is 6.69. The maximum absolute atomic E-state index is 10.4. The fourth-order valence-electron chi connectivity index (χ4n) is 0.420. The predicted molar refractivity (Wildman–Crippen MR) is 52.9 cm³/mol. The summed E-state index contributed by atoms with van der Waals surface area (Å²) in [6.45, 7) is 0. The molecule has 0 bridgehead atoms. The lowest BCUT2D eigenvalue weighted by molar-refractivity contribution is 1.09. The lowest BCUT2D eigenvalue weighted by Crippen LogP contribution is -2.14. The number of nitrogens with one attached hydrogen (secondary N) is 1. The van der Waals surface area contributed by atoms with E-state index in [1.165, 1.54) is 18.3 Å². The van der Waals surface area contributed by atoms with Crippen LogP contribution in [0.5, 0.6) is 0 Å². The van der Waals surface area contributed by atoms with E-state index in [0.717, 1.165) is 0 Å². The van der Waals surface area contributed by atoms with Gasteiger partial charge in [0.15, 0.2) is 0 Å². The minimum atomic E-state index is -0.620. The van der Waals surface area contributed by atoms with Crippen molar-refractivity contribution in [3.05, 3.63) is 39.2 Å². The van der Waals surface area contributed by atoms with Crippen molar-refractivity contribution in [3.63, 3.8) is 0 Å². The largest absolute Gasteiger partial charge is 0.347 e. The van der Waals surface area contributed by atoms with Crippen molar-refractivity contribution in [1.82, 2.24) is 9.97 Å². The second-order valence-corrected chi connectivity index (χ2v) is 1.43. The summed E-state index contributed by atoms with van der Waals surface area (Å²) in [5.74, 6) is 0. The fraction of sp³-hybridized carbons (Fsp3) is 0. The predicted octanol–water partition coefficient (Wildman–Crippen LogP) is 0.395. The summed E-state index contributed by atoms with van der Waals surface area (Å²) in [7, 11) is 0. The maximum Gasteiger partial charge on any atom is 0.347 e. The average Bonchev–Trinajstić information content (AvgIpc) is 1.93. The van der Waals surface area contributed by atoms with Crippen LogP contribution in [0.1, 0.15) is 0 Å². The number of aromatic nitrogens is 2. The van der Waals surface area contributed by atoms with Crippen LogP contribution in [-0.2, 0) is 0 Å². The third kappa shape index (κ3) is 6.15. The van der Waals surface area contributed by atoms with E-state index in [1.54, 1.807) is 0 Å². The molecule has 0 amide bonds. The smallest absolute Gasteiger partial charge is 0.273 e.